The predicted molar refractivity (Wildman–Crippen MR) is 189 cm³/mol. The summed E-state index contributed by atoms with van der Waals surface area (Å²) in [6, 6.07) is 24.4. The number of nitriles is 1. The summed E-state index contributed by atoms with van der Waals surface area (Å²) in [6.07, 6.45) is 2.31. The third-order valence-corrected chi connectivity index (χ3v) is 21.9. The van der Waals surface area contributed by atoms with Crippen molar-refractivity contribution in [3.05, 3.63) is 78.0 Å². The summed E-state index contributed by atoms with van der Waals surface area (Å²) in [4.78, 5) is 0. The van der Waals surface area contributed by atoms with Gasteiger partial charge in [0.2, 0.25) is 0 Å². The molecule has 3 aromatic carbocycles. The summed E-state index contributed by atoms with van der Waals surface area (Å²) in [5.74, 6) is 7.28. The Hall–Kier alpha value is -3.14. The zero-order valence-electron chi connectivity index (χ0n) is 28.2. The van der Waals surface area contributed by atoms with Crippen molar-refractivity contribution in [2.75, 3.05) is 0 Å². The molecule has 222 valence electrons. The first-order valence-corrected chi connectivity index (χ1v) is 25.2. The Morgan fingerprint density at radius 1 is 0.767 bits per heavy atom. The van der Waals surface area contributed by atoms with E-state index in [0.29, 0.717) is 5.56 Å². The Balaban J connectivity index is 1.75. The molecule has 0 spiro atoms. The first kappa shape index (κ1) is 31.3. The second-order valence-electron chi connectivity index (χ2n) is 15.6. The van der Waals surface area contributed by atoms with Crippen LogP contribution in [0.4, 0.5) is 0 Å². The summed E-state index contributed by atoms with van der Waals surface area (Å²) < 4.78 is 10.6. The van der Waals surface area contributed by atoms with Gasteiger partial charge < -0.3 is 0 Å². The Bertz CT molecular complexity index is 1890. The van der Waals surface area contributed by atoms with Crippen LogP contribution in [0.25, 0.3) is 44.3 Å². The van der Waals surface area contributed by atoms with Gasteiger partial charge in [0, 0.05) is 0 Å². The van der Waals surface area contributed by atoms with Gasteiger partial charge in [0.05, 0.1) is 8.07 Å². The molecule has 2 aromatic heterocycles. The Labute approximate surface area is 261 Å². The zero-order valence-corrected chi connectivity index (χ0v) is 31.3. The summed E-state index contributed by atoms with van der Waals surface area (Å²) in [5, 5.41) is 14.2. The zero-order chi connectivity index (χ0) is 31.7. The van der Waals surface area contributed by atoms with Crippen LogP contribution in [0, 0.1) is 18.3 Å². The monoisotopic (exact) mass is 649 g/mol. The van der Waals surface area contributed by atoms with Crippen LogP contribution < -0.4 is 14.1 Å². The normalized spacial score (nSPS) is 13.1. The molecule has 2 heterocycles. The number of nitrogens with zero attached hydrogens (tertiary/aromatic N) is 2. The molecule has 5 aromatic rings. The molecule has 0 radical (unpaired) electrons. The molecule has 0 N–H and O–H groups in total. The van der Waals surface area contributed by atoms with Crippen molar-refractivity contribution in [3.63, 3.8) is 0 Å². The molecule has 0 amide bonds. The molecule has 0 unspecified atom stereocenters. The van der Waals surface area contributed by atoms with Gasteiger partial charge >= 0.3 is 192 Å². The van der Waals surface area contributed by atoms with E-state index in [1.807, 2.05) is 6.07 Å². The van der Waals surface area contributed by atoms with E-state index in [1.165, 1.54) is 15.1 Å². The summed E-state index contributed by atoms with van der Waals surface area (Å²) in [6.45, 7) is 19.0. The van der Waals surface area contributed by atoms with Crippen molar-refractivity contribution >= 4 is 52.9 Å². The molecule has 0 atom stereocenters. The van der Waals surface area contributed by atoms with Gasteiger partial charge in [-0.25, -0.2) is 0 Å². The second kappa shape index (κ2) is 10.5. The summed E-state index contributed by atoms with van der Waals surface area (Å²) in [5.41, 5.74) is 7.62. The van der Waals surface area contributed by atoms with E-state index in [9.17, 15) is 5.26 Å². The van der Waals surface area contributed by atoms with Crippen molar-refractivity contribution in [2.24, 2.45) is 7.05 Å². The van der Waals surface area contributed by atoms with Crippen LogP contribution >= 0.6 is 0 Å². The van der Waals surface area contributed by atoms with Gasteiger partial charge in [-0.1, -0.05) is 53.3 Å². The Morgan fingerprint density at radius 2 is 1.33 bits per heavy atom. The third-order valence-electron chi connectivity index (χ3n) is 10.1. The number of hydrogen-bond acceptors (Lipinski definition) is 2. The first-order valence-electron chi connectivity index (χ1n) is 15.4. The number of aromatic nitrogens is 1. The van der Waals surface area contributed by atoms with Gasteiger partial charge in [0.15, 0.2) is 0 Å². The van der Waals surface area contributed by atoms with Gasteiger partial charge in [-0.15, -0.1) is 0 Å². The topological polar surface area (TPSA) is 40.8 Å². The molecular weight excluding hydrogens is 601 g/mol. The van der Waals surface area contributed by atoms with Crippen LogP contribution in [0.15, 0.2) is 71.3 Å². The van der Waals surface area contributed by atoms with E-state index >= 15 is 0 Å². The summed E-state index contributed by atoms with van der Waals surface area (Å²) >= 11 is -1.98. The van der Waals surface area contributed by atoms with Crippen LogP contribution in [-0.2, 0) is 7.05 Å². The van der Waals surface area contributed by atoms with Crippen molar-refractivity contribution in [3.8, 4) is 28.5 Å². The first-order chi connectivity index (χ1) is 19.9. The molecule has 0 bridgehead atoms. The van der Waals surface area contributed by atoms with E-state index in [2.05, 4.69) is 151 Å². The SMILES string of the molecule is Cc1ccc2c(oc3c(-c4ccc([Si](C)(C(C)(C)C)C(C)(C)C)cc4)c(C#N)ccc32)c1-c1cc[c]([Ge]([CH3])([CH3])[CH3])c[n+]1C. The van der Waals surface area contributed by atoms with E-state index in [-0.39, 0.29) is 10.1 Å². The average Bonchev–Trinajstić information content (AvgIpc) is 3.29. The number of furan rings is 1. The maximum absolute atomic E-state index is 10.2. The van der Waals surface area contributed by atoms with Gasteiger partial charge in [-0.2, -0.15) is 0 Å². The van der Waals surface area contributed by atoms with Gasteiger partial charge in [-0.3, -0.25) is 0 Å². The number of aryl methyl sites for hydroxylation is 2. The number of fused-ring (bicyclic) bond motifs is 3. The molecule has 3 nitrogen and oxygen atoms in total. The second-order valence-corrected chi connectivity index (χ2v) is 32.1. The van der Waals surface area contributed by atoms with Gasteiger partial charge in [0.1, 0.15) is 0 Å². The predicted octanol–water partition coefficient (Wildman–Crippen LogP) is 9.36. The fourth-order valence-corrected chi connectivity index (χ4v) is 14.2. The fourth-order valence-electron chi connectivity index (χ4n) is 6.97. The van der Waals surface area contributed by atoms with Crippen molar-refractivity contribution in [1.29, 1.82) is 5.26 Å². The van der Waals surface area contributed by atoms with E-state index < -0.39 is 21.3 Å². The Morgan fingerprint density at radius 3 is 1.84 bits per heavy atom. The van der Waals surface area contributed by atoms with Crippen LogP contribution in [0.3, 0.4) is 0 Å². The minimum absolute atomic E-state index is 0.196. The van der Waals surface area contributed by atoms with E-state index in [4.69, 9.17) is 4.42 Å². The molecule has 0 aliphatic rings. The molecule has 0 saturated heterocycles. The molecule has 0 aliphatic heterocycles. The van der Waals surface area contributed by atoms with Crippen LogP contribution in [0.2, 0.25) is 33.9 Å². The Kier molecular flexibility index (Phi) is 7.64. The quantitative estimate of drug-likeness (QED) is 0.144. The molecule has 5 heteroatoms. The molecule has 0 saturated carbocycles. The fraction of sp³-hybridized carbons (Fsp3) is 0.368. The molecular formula is C38H47GeN2OSi+. The standard InChI is InChI=1S/C38H47GeN2OSi/c1-25-13-20-30-31-21-16-27(23-40)34(26-14-18-29(19-15-26)43(12,37(2,3)4)38(5,6)7)36(31)42-35(30)33(25)32-22-17-28(24-41(32)11)39(8,9)10/h13-22,24H,1-12H3/q+1. The summed E-state index contributed by atoms with van der Waals surface area (Å²) in [7, 11) is 0.225. The van der Waals surface area contributed by atoms with Crippen LogP contribution in [0.5, 0.6) is 0 Å². The number of benzene rings is 3. The molecule has 5 rings (SSSR count). The van der Waals surface area contributed by atoms with Crippen LogP contribution in [0.1, 0.15) is 52.7 Å². The van der Waals surface area contributed by atoms with E-state index in [1.54, 1.807) is 0 Å². The molecule has 43 heavy (non-hydrogen) atoms. The molecule has 0 aliphatic carbocycles. The maximum atomic E-state index is 10.2. The molecule has 0 fully saturated rings. The van der Waals surface area contributed by atoms with Crippen molar-refractivity contribution < 1.29 is 8.98 Å². The van der Waals surface area contributed by atoms with Crippen molar-refractivity contribution in [2.45, 2.75) is 82.4 Å². The third kappa shape index (κ3) is 5.09. The number of hydrogen-bond donors (Lipinski definition) is 0. The number of pyridine rings is 1. The number of rotatable bonds is 4. The average molecular weight is 649 g/mol. The van der Waals surface area contributed by atoms with Crippen LogP contribution in [-0.4, -0.2) is 21.3 Å². The van der Waals surface area contributed by atoms with Gasteiger partial charge in [0.25, 0.3) is 0 Å². The van der Waals surface area contributed by atoms with Crippen molar-refractivity contribution in [1.82, 2.24) is 0 Å². The minimum atomic E-state index is -1.98. The van der Waals surface area contributed by atoms with E-state index in [0.717, 1.165) is 44.3 Å². The van der Waals surface area contributed by atoms with Gasteiger partial charge in [-0.05, 0) is 10.1 Å².